The summed E-state index contributed by atoms with van der Waals surface area (Å²) in [7, 11) is 0. The van der Waals surface area contributed by atoms with Crippen LogP contribution in [0.1, 0.15) is 137 Å². The number of carboxylic acids is 1. The van der Waals surface area contributed by atoms with Crippen molar-refractivity contribution >= 4 is 17.9 Å². The van der Waals surface area contributed by atoms with E-state index in [1.807, 2.05) is 6.92 Å². The Morgan fingerprint density at radius 3 is 1.66 bits per heavy atom. The minimum absolute atomic E-state index is 0.0557. The summed E-state index contributed by atoms with van der Waals surface area (Å²) in [5, 5.41) is 8.94. The molecule has 0 aromatic rings. The highest BCUT2D eigenvalue weighted by molar-refractivity contribution is 6.01. The third kappa shape index (κ3) is 11.6. The molecule has 38 heavy (non-hydrogen) atoms. The number of carboxylic acid groups (broad SMARTS) is 1. The van der Waals surface area contributed by atoms with Crippen LogP contribution in [-0.2, 0) is 14.3 Å². The highest BCUT2D eigenvalue weighted by atomic mass is 16.5. The van der Waals surface area contributed by atoms with Crippen molar-refractivity contribution in [3.63, 3.8) is 0 Å². The van der Waals surface area contributed by atoms with Crippen LogP contribution in [0.4, 0.5) is 4.79 Å². The molecule has 1 rings (SSSR count). The molecule has 222 valence electrons. The van der Waals surface area contributed by atoms with Crippen LogP contribution in [0.25, 0.3) is 0 Å². The molecule has 7 nitrogen and oxygen atoms in total. The van der Waals surface area contributed by atoms with Gasteiger partial charge in [-0.05, 0) is 69.1 Å². The Morgan fingerprint density at radius 2 is 1.24 bits per heavy atom. The minimum Gasteiger partial charge on any atom is -0.481 e. The number of likely N-dealkylation sites (N-methyl/N-ethyl adjacent to an activating group) is 1. The monoisotopic (exact) mass is 538 g/mol. The third-order valence-electron chi connectivity index (χ3n) is 9.44. The van der Waals surface area contributed by atoms with E-state index in [0.717, 1.165) is 83.8 Å². The fraction of sp³-hybridized carbons (Fsp3) is 0.903. The lowest BCUT2D eigenvalue weighted by atomic mass is 9.74. The largest absolute Gasteiger partial charge is 0.481 e. The van der Waals surface area contributed by atoms with Crippen LogP contribution in [0.2, 0.25) is 0 Å². The molecule has 7 heteroatoms. The number of imide groups is 1. The van der Waals surface area contributed by atoms with Gasteiger partial charge in [-0.15, -0.1) is 0 Å². The number of amides is 3. The van der Waals surface area contributed by atoms with Crippen LogP contribution >= 0.6 is 0 Å². The van der Waals surface area contributed by atoms with Gasteiger partial charge in [-0.2, -0.15) is 0 Å². The van der Waals surface area contributed by atoms with E-state index in [1.165, 1.54) is 30.6 Å². The van der Waals surface area contributed by atoms with Crippen LogP contribution in [0.5, 0.6) is 0 Å². The van der Waals surface area contributed by atoms with Crippen LogP contribution in [0, 0.1) is 10.8 Å². The van der Waals surface area contributed by atoms with Crippen molar-refractivity contribution in [1.82, 2.24) is 9.80 Å². The lowest BCUT2D eigenvalue weighted by molar-refractivity contribution is -0.137. The standard InChI is InChI=1S/C31H58N2O5/c1-6-30(7-2,19-11-14-23-33-27(34)26-32(10-5)29(33)37)20-12-15-24-38-25-16-13-21-31(8-3,9-4)22-17-18-28(35)36/h6-26H2,1-5H3,(H,35,36). The van der Waals surface area contributed by atoms with Crippen molar-refractivity contribution in [3.05, 3.63) is 0 Å². The average molecular weight is 539 g/mol. The van der Waals surface area contributed by atoms with Crippen molar-refractivity contribution in [2.24, 2.45) is 10.8 Å². The normalized spacial score (nSPS) is 14.7. The fourth-order valence-electron chi connectivity index (χ4n) is 6.12. The van der Waals surface area contributed by atoms with Gasteiger partial charge in [0.2, 0.25) is 5.91 Å². The van der Waals surface area contributed by atoms with E-state index in [0.29, 0.717) is 18.5 Å². The Kier molecular flexibility index (Phi) is 16.9. The zero-order valence-corrected chi connectivity index (χ0v) is 25.3. The molecule has 3 amide bonds. The van der Waals surface area contributed by atoms with E-state index in [1.54, 1.807) is 4.90 Å². The number of carbonyl (C=O) groups excluding carboxylic acids is 2. The summed E-state index contributed by atoms with van der Waals surface area (Å²) in [6.45, 7) is 14.0. The molecule has 1 aliphatic rings. The number of nitrogens with zero attached hydrogens (tertiary/aromatic N) is 2. The zero-order valence-electron chi connectivity index (χ0n) is 25.3. The number of unbranched alkanes of at least 4 members (excludes halogenated alkanes) is 3. The molecule has 0 aromatic carbocycles. The molecular weight excluding hydrogens is 480 g/mol. The predicted molar refractivity (Wildman–Crippen MR) is 154 cm³/mol. The van der Waals surface area contributed by atoms with Crippen molar-refractivity contribution in [1.29, 1.82) is 0 Å². The Hall–Kier alpha value is -1.63. The summed E-state index contributed by atoms with van der Waals surface area (Å²) >= 11 is 0. The molecule has 1 aliphatic heterocycles. The van der Waals surface area contributed by atoms with Gasteiger partial charge in [0.05, 0.1) is 0 Å². The Bertz CT molecular complexity index is 688. The SMILES string of the molecule is CCN1CC(=O)N(CCCCC(CC)(CC)CCCCOCCCCC(CC)(CC)CCCC(=O)O)C1=O. The molecule has 0 aliphatic carbocycles. The minimum atomic E-state index is -0.689. The quantitative estimate of drug-likeness (QED) is 0.101. The second-order valence-corrected chi connectivity index (χ2v) is 11.5. The summed E-state index contributed by atoms with van der Waals surface area (Å²) in [4.78, 5) is 38.3. The number of rotatable bonds is 24. The zero-order chi connectivity index (χ0) is 28.4. The third-order valence-corrected chi connectivity index (χ3v) is 9.44. The lowest BCUT2D eigenvalue weighted by Crippen LogP contribution is -2.33. The first kappa shape index (κ1) is 34.4. The van der Waals surface area contributed by atoms with Gasteiger partial charge in [0, 0.05) is 32.7 Å². The van der Waals surface area contributed by atoms with E-state index >= 15 is 0 Å². The van der Waals surface area contributed by atoms with Gasteiger partial charge in [-0.25, -0.2) is 4.79 Å². The van der Waals surface area contributed by atoms with Gasteiger partial charge in [-0.1, -0.05) is 72.6 Å². The van der Waals surface area contributed by atoms with Gasteiger partial charge in [0.1, 0.15) is 6.54 Å². The van der Waals surface area contributed by atoms with Crippen molar-refractivity contribution in [3.8, 4) is 0 Å². The van der Waals surface area contributed by atoms with E-state index in [2.05, 4.69) is 27.7 Å². The number of hydrogen-bond donors (Lipinski definition) is 1. The maximum Gasteiger partial charge on any atom is 0.327 e. The highest BCUT2D eigenvalue weighted by Crippen LogP contribution is 2.39. The molecule has 1 saturated heterocycles. The molecular formula is C31H58N2O5. The topological polar surface area (TPSA) is 87.2 Å². The molecule has 0 radical (unpaired) electrons. The van der Waals surface area contributed by atoms with Gasteiger partial charge < -0.3 is 14.7 Å². The summed E-state index contributed by atoms with van der Waals surface area (Å²) < 4.78 is 5.95. The van der Waals surface area contributed by atoms with Crippen molar-refractivity contribution < 1.29 is 24.2 Å². The van der Waals surface area contributed by atoms with Gasteiger partial charge in [0.25, 0.3) is 0 Å². The van der Waals surface area contributed by atoms with E-state index in [9.17, 15) is 14.4 Å². The lowest BCUT2D eigenvalue weighted by Gasteiger charge is -2.32. The predicted octanol–water partition coefficient (Wildman–Crippen LogP) is 7.67. The van der Waals surface area contributed by atoms with Crippen LogP contribution in [0.3, 0.4) is 0 Å². The molecule has 1 N–H and O–H groups in total. The molecule has 1 fully saturated rings. The first-order chi connectivity index (χ1) is 18.2. The molecule has 0 atom stereocenters. The smallest absolute Gasteiger partial charge is 0.327 e. The molecule has 1 heterocycles. The van der Waals surface area contributed by atoms with Crippen LogP contribution in [-0.4, -0.2) is 65.7 Å². The van der Waals surface area contributed by atoms with Crippen LogP contribution in [0.15, 0.2) is 0 Å². The maximum atomic E-state index is 12.3. The first-order valence-corrected chi connectivity index (χ1v) is 15.6. The van der Waals surface area contributed by atoms with Crippen LogP contribution < -0.4 is 0 Å². The van der Waals surface area contributed by atoms with Crippen molar-refractivity contribution in [2.45, 2.75) is 137 Å². The maximum absolute atomic E-state index is 12.3. The second-order valence-electron chi connectivity index (χ2n) is 11.5. The average Bonchev–Trinajstić information content (AvgIpc) is 3.19. The first-order valence-electron chi connectivity index (χ1n) is 15.6. The van der Waals surface area contributed by atoms with Gasteiger partial charge in [0.15, 0.2) is 0 Å². The van der Waals surface area contributed by atoms with Gasteiger partial charge >= 0.3 is 12.0 Å². The molecule has 0 aromatic heterocycles. The van der Waals surface area contributed by atoms with Crippen molar-refractivity contribution in [2.75, 3.05) is 32.8 Å². The Labute approximate surface area is 233 Å². The van der Waals surface area contributed by atoms with E-state index in [4.69, 9.17) is 9.84 Å². The number of urea groups is 1. The summed E-state index contributed by atoms with van der Waals surface area (Å²) in [5.74, 6) is -0.744. The van der Waals surface area contributed by atoms with Gasteiger partial charge in [-0.3, -0.25) is 14.5 Å². The summed E-state index contributed by atoms with van der Waals surface area (Å²) in [5.41, 5.74) is 0.632. The number of hydrogen-bond acceptors (Lipinski definition) is 4. The summed E-state index contributed by atoms with van der Waals surface area (Å²) in [6, 6.07) is -0.125. The number of carbonyl (C=O) groups is 3. The highest BCUT2D eigenvalue weighted by Gasteiger charge is 2.34. The fourth-order valence-corrected chi connectivity index (χ4v) is 6.12. The number of aliphatic carboxylic acids is 1. The van der Waals surface area contributed by atoms with E-state index in [-0.39, 0.29) is 30.3 Å². The molecule has 0 bridgehead atoms. The van der Waals surface area contributed by atoms with E-state index < -0.39 is 5.97 Å². The molecule has 0 unspecified atom stereocenters. The Morgan fingerprint density at radius 1 is 0.763 bits per heavy atom. The number of ether oxygens (including phenoxy) is 1. The Balaban J connectivity index is 2.22. The molecule has 0 spiro atoms. The second kappa shape index (κ2) is 18.6. The molecule has 0 saturated carbocycles. The summed E-state index contributed by atoms with van der Waals surface area (Å²) in [6.07, 6.45) is 16.6.